The fourth-order valence-corrected chi connectivity index (χ4v) is 4.63. The highest BCUT2D eigenvalue weighted by molar-refractivity contribution is 7.98. The quantitative estimate of drug-likeness (QED) is 0.677. The maximum atomic E-state index is 12.8. The molecule has 0 atom stereocenters. The van der Waals surface area contributed by atoms with E-state index >= 15 is 0 Å². The van der Waals surface area contributed by atoms with Crippen molar-refractivity contribution in [3.63, 3.8) is 0 Å². The zero-order chi connectivity index (χ0) is 18.1. The third kappa shape index (κ3) is 3.19. The minimum Gasteiger partial charge on any atom is -0.280 e. The number of anilines is 1. The first-order valence-electron chi connectivity index (χ1n) is 8.14. The molecule has 7 nitrogen and oxygen atoms in total. The standard InChI is InChI=1S/C17H17N5O2S2/c1-25-17-18-20-21-22(17)15-7-3-6-14(11-15)19-26(23,24)16-9-8-12-4-2-5-13(12)10-16/h3,6-11,19H,2,4-5H2,1H3. The molecular weight excluding hydrogens is 370 g/mol. The van der Waals surface area contributed by atoms with Crippen LogP contribution in [0.5, 0.6) is 0 Å². The molecule has 0 saturated heterocycles. The summed E-state index contributed by atoms with van der Waals surface area (Å²) in [6.45, 7) is 0. The molecule has 1 heterocycles. The Hall–Kier alpha value is -2.39. The van der Waals surface area contributed by atoms with E-state index in [0.717, 1.165) is 24.8 Å². The molecule has 0 spiro atoms. The predicted octanol–water partition coefficient (Wildman–Crippen LogP) is 2.67. The number of benzene rings is 2. The SMILES string of the molecule is CSc1nnnn1-c1cccc(NS(=O)(=O)c2ccc3c(c2)CCC3)c1. The number of aryl methyl sites for hydroxylation is 2. The number of tetrazole rings is 1. The molecule has 0 amide bonds. The molecule has 4 rings (SSSR count). The van der Waals surface area contributed by atoms with E-state index in [9.17, 15) is 8.42 Å². The molecule has 2 aromatic carbocycles. The van der Waals surface area contributed by atoms with Crippen molar-refractivity contribution in [3.05, 3.63) is 53.6 Å². The Kier molecular flexibility index (Phi) is 4.41. The Balaban J connectivity index is 1.63. The van der Waals surface area contributed by atoms with Crippen LogP contribution in [-0.4, -0.2) is 34.9 Å². The topological polar surface area (TPSA) is 89.8 Å². The van der Waals surface area contributed by atoms with Gasteiger partial charge >= 0.3 is 0 Å². The van der Waals surface area contributed by atoms with Crippen molar-refractivity contribution in [1.29, 1.82) is 0 Å². The van der Waals surface area contributed by atoms with Gasteiger partial charge in [-0.3, -0.25) is 4.72 Å². The molecule has 9 heteroatoms. The summed E-state index contributed by atoms with van der Waals surface area (Å²) in [7, 11) is -3.65. The van der Waals surface area contributed by atoms with E-state index in [0.29, 0.717) is 16.5 Å². The second-order valence-electron chi connectivity index (χ2n) is 6.02. The van der Waals surface area contributed by atoms with E-state index in [4.69, 9.17) is 0 Å². The minimum absolute atomic E-state index is 0.288. The van der Waals surface area contributed by atoms with Crippen molar-refractivity contribution in [2.45, 2.75) is 29.3 Å². The number of aromatic nitrogens is 4. The lowest BCUT2D eigenvalue weighted by molar-refractivity contribution is 0.601. The molecule has 1 aliphatic rings. The molecule has 0 bridgehead atoms. The van der Waals surface area contributed by atoms with Crippen LogP contribution in [0.2, 0.25) is 0 Å². The van der Waals surface area contributed by atoms with E-state index in [1.165, 1.54) is 17.3 Å². The second-order valence-corrected chi connectivity index (χ2v) is 8.47. The van der Waals surface area contributed by atoms with Gasteiger partial charge in [-0.15, -0.1) is 5.10 Å². The van der Waals surface area contributed by atoms with Gasteiger partial charge in [0.25, 0.3) is 10.0 Å². The highest BCUT2D eigenvalue weighted by Crippen LogP contribution is 2.26. The molecule has 1 aliphatic carbocycles. The van der Waals surface area contributed by atoms with Crippen molar-refractivity contribution in [2.24, 2.45) is 0 Å². The van der Waals surface area contributed by atoms with Crippen LogP contribution in [0.3, 0.4) is 0 Å². The van der Waals surface area contributed by atoms with Crippen LogP contribution in [0.25, 0.3) is 5.69 Å². The Labute approximate surface area is 155 Å². The molecule has 134 valence electrons. The van der Waals surface area contributed by atoms with Gasteiger partial charge in [0.1, 0.15) is 0 Å². The molecular formula is C17H17N5O2S2. The molecule has 1 aromatic heterocycles. The van der Waals surface area contributed by atoms with Crippen molar-refractivity contribution < 1.29 is 8.42 Å². The molecule has 0 unspecified atom stereocenters. The Morgan fingerprint density at radius 3 is 2.81 bits per heavy atom. The predicted molar refractivity (Wildman–Crippen MR) is 100 cm³/mol. The monoisotopic (exact) mass is 387 g/mol. The van der Waals surface area contributed by atoms with Crippen LogP contribution in [0.4, 0.5) is 5.69 Å². The molecule has 0 aliphatic heterocycles. The van der Waals surface area contributed by atoms with Crippen molar-refractivity contribution in [2.75, 3.05) is 11.0 Å². The number of rotatable bonds is 5. The van der Waals surface area contributed by atoms with Gasteiger partial charge in [0, 0.05) is 0 Å². The number of nitrogens with one attached hydrogen (secondary N) is 1. The van der Waals surface area contributed by atoms with Crippen molar-refractivity contribution >= 4 is 27.5 Å². The van der Waals surface area contributed by atoms with Gasteiger partial charge in [0.2, 0.25) is 5.16 Å². The minimum atomic E-state index is -3.65. The van der Waals surface area contributed by atoms with E-state index in [1.54, 1.807) is 35.0 Å². The Morgan fingerprint density at radius 2 is 1.96 bits per heavy atom. The summed E-state index contributed by atoms with van der Waals surface area (Å²) in [4.78, 5) is 0.288. The van der Waals surface area contributed by atoms with Gasteiger partial charge in [-0.05, 0) is 77.4 Å². The average molecular weight is 387 g/mol. The smallest absolute Gasteiger partial charge is 0.261 e. The summed E-state index contributed by atoms with van der Waals surface area (Å²) in [5.41, 5.74) is 3.52. The highest BCUT2D eigenvalue weighted by atomic mass is 32.2. The van der Waals surface area contributed by atoms with E-state index in [1.807, 2.05) is 18.4 Å². The third-order valence-corrected chi connectivity index (χ3v) is 6.35. The lowest BCUT2D eigenvalue weighted by Crippen LogP contribution is -2.13. The van der Waals surface area contributed by atoms with Crippen LogP contribution < -0.4 is 4.72 Å². The number of hydrogen-bond acceptors (Lipinski definition) is 6. The Bertz CT molecular complexity index is 1060. The maximum absolute atomic E-state index is 12.8. The van der Waals surface area contributed by atoms with Crippen molar-refractivity contribution in [1.82, 2.24) is 20.2 Å². The van der Waals surface area contributed by atoms with Crippen molar-refractivity contribution in [3.8, 4) is 5.69 Å². The van der Waals surface area contributed by atoms with Gasteiger partial charge in [0.15, 0.2) is 0 Å². The summed E-state index contributed by atoms with van der Waals surface area (Å²) >= 11 is 1.41. The molecule has 0 saturated carbocycles. The fraction of sp³-hybridized carbons (Fsp3) is 0.235. The van der Waals surface area contributed by atoms with E-state index < -0.39 is 10.0 Å². The first kappa shape index (κ1) is 17.0. The number of fused-ring (bicyclic) bond motifs is 1. The lowest BCUT2D eigenvalue weighted by atomic mass is 10.1. The molecule has 0 radical (unpaired) electrons. The number of thioether (sulfide) groups is 1. The summed E-state index contributed by atoms with van der Waals surface area (Å²) in [6.07, 6.45) is 4.92. The normalized spacial score (nSPS) is 13.6. The molecule has 1 N–H and O–H groups in total. The maximum Gasteiger partial charge on any atom is 0.261 e. The van der Waals surface area contributed by atoms with Crippen LogP contribution in [-0.2, 0) is 22.9 Å². The number of hydrogen-bond donors (Lipinski definition) is 1. The van der Waals surface area contributed by atoms with Gasteiger partial charge in [-0.25, -0.2) is 8.42 Å². The third-order valence-electron chi connectivity index (χ3n) is 4.35. The van der Waals surface area contributed by atoms with Crippen LogP contribution in [0, 0.1) is 0 Å². The molecule has 26 heavy (non-hydrogen) atoms. The average Bonchev–Trinajstić information content (AvgIpc) is 3.29. The number of sulfonamides is 1. The van der Waals surface area contributed by atoms with Gasteiger partial charge in [-0.2, -0.15) is 4.68 Å². The van der Waals surface area contributed by atoms with E-state index in [-0.39, 0.29) is 4.90 Å². The van der Waals surface area contributed by atoms with Crippen LogP contribution >= 0.6 is 11.8 Å². The van der Waals surface area contributed by atoms with Crippen LogP contribution in [0.1, 0.15) is 17.5 Å². The van der Waals surface area contributed by atoms with Crippen LogP contribution in [0.15, 0.2) is 52.5 Å². The first-order chi connectivity index (χ1) is 12.6. The number of nitrogens with zero attached hydrogens (tertiary/aromatic N) is 4. The fourth-order valence-electron chi connectivity index (χ4n) is 3.10. The highest BCUT2D eigenvalue weighted by Gasteiger charge is 2.19. The Morgan fingerprint density at radius 1 is 1.12 bits per heavy atom. The largest absolute Gasteiger partial charge is 0.280 e. The van der Waals surface area contributed by atoms with Gasteiger partial charge in [-0.1, -0.05) is 23.9 Å². The summed E-state index contributed by atoms with van der Waals surface area (Å²) in [5, 5.41) is 12.2. The second kappa shape index (κ2) is 6.73. The molecule has 0 fully saturated rings. The van der Waals surface area contributed by atoms with E-state index in [2.05, 4.69) is 20.2 Å². The van der Waals surface area contributed by atoms with Gasteiger partial charge in [0.05, 0.1) is 16.3 Å². The zero-order valence-corrected chi connectivity index (χ0v) is 15.7. The lowest BCUT2D eigenvalue weighted by Gasteiger charge is -2.11. The summed E-state index contributed by atoms with van der Waals surface area (Å²) < 4.78 is 29.7. The van der Waals surface area contributed by atoms with Gasteiger partial charge < -0.3 is 0 Å². The summed E-state index contributed by atoms with van der Waals surface area (Å²) in [5.74, 6) is 0. The molecule has 3 aromatic rings. The zero-order valence-electron chi connectivity index (χ0n) is 14.1. The first-order valence-corrected chi connectivity index (χ1v) is 10.8. The summed E-state index contributed by atoms with van der Waals surface area (Å²) in [6, 6.07) is 12.4.